The summed E-state index contributed by atoms with van der Waals surface area (Å²) in [5.74, 6) is 0.386. The Hall–Kier alpha value is -3.74. The van der Waals surface area contributed by atoms with Gasteiger partial charge in [-0.2, -0.15) is 4.98 Å². The topological polar surface area (TPSA) is 101 Å². The van der Waals surface area contributed by atoms with Crippen LogP contribution in [0.3, 0.4) is 0 Å². The van der Waals surface area contributed by atoms with Crippen LogP contribution in [0.5, 0.6) is 0 Å². The van der Waals surface area contributed by atoms with Crippen molar-refractivity contribution in [1.82, 2.24) is 15.1 Å². The molecule has 0 fully saturated rings. The predicted octanol–water partition coefficient (Wildman–Crippen LogP) is 4.07. The zero-order chi connectivity index (χ0) is 21.3. The zero-order valence-electron chi connectivity index (χ0n) is 17.1. The highest BCUT2D eigenvalue weighted by atomic mass is 16.5. The molecule has 2 N–H and O–H groups in total. The van der Waals surface area contributed by atoms with Gasteiger partial charge in [-0.25, -0.2) is 0 Å². The molecule has 0 spiro atoms. The summed E-state index contributed by atoms with van der Waals surface area (Å²) in [6.45, 7) is 5.91. The number of fused-ring (bicyclic) bond motifs is 1. The SMILES string of the molecule is Cc1cccc(NC(=O)CCc2nc(-c3cc4cccc(C)c4[nH]c3=O)no2)c1C. The molecule has 0 aliphatic rings. The molecule has 7 heteroatoms. The predicted molar refractivity (Wildman–Crippen MR) is 115 cm³/mol. The number of para-hydroxylation sites is 1. The molecule has 0 aliphatic carbocycles. The minimum Gasteiger partial charge on any atom is -0.339 e. The minimum absolute atomic E-state index is 0.137. The second-order valence-electron chi connectivity index (χ2n) is 7.36. The summed E-state index contributed by atoms with van der Waals surface area (Å²) in [6, 6.07) is 13.3. The first-order chi connectivity index (χ1) is 14.4. The fraction of sp³-hybridized carbons (Fsp3) is 0.217. The van der Waals surface area contributed by atoms with Gasteiger partial charge in [-0.3, -0.25) is 9.59 Å². The lowest BCUT2D eigenvalue weighted by atomic mass is 10.1. The Balaban J connectivity index is 1.48. The average molecular weight is 402 g/mol. The second kappa shape index (κ2) is 7.94. The number of hydrogen-bond donors (Lipinski definition) is 2. The first-order valence-electron chi connectivity index (χ1n) is 9.74. The molecule has 152 valence electrons. The van der Waals surface area contributed by atoms with Crippen molar-refractivity contribution >= 4 is 22.5 Å². The normalized spacial score (nSPS) is 11.0. The maximum absolute atomic E-state index is 12.5. The fourth-order valence-corrected chi connectivity index (χ4v) is 3.33. The van der Waals surface area contributed by atoms with Crippen LogP contribution < -0.4 is 10.9 Å². The Morgan fingerprint density at radius 2 is 1.87 bits per heavy atom. The standard InChI is InChI=1S/C23H22N4O3/c1-13-6-5-9-18(15(13)3)24-19(28)10-11-20-25-22(27-30-20)17-12-16-8-4-7-14(2)21(16)26-23(17)29/h4-9,12H,10-11H2,1-3H3,(H,24,28)(H,26,29). The quantitative estimate of drug-likeness (QED) is 0.524. The lowest BCUT2D eigenvalue weighted by Gasteiger charge is -2.09. The van der Waals surface area contributed by atoms with E-state index >= 15 is 0 Å². The van der Waals surface area contributed by atoms with Crippen LogP contribution in [0, 0.1) is 20.8 Å². The van der Waals surface area contributed by atoms with Crippen LogP contribution >= 0.6 is 0 Å². The molecule has 0 atom stereocenters. The smallest absolute Gasteiger partial charge is 0.259 e. The second-order valence-corrected chi connectivity index (χ2v) is 7.36. The number of aryl methyl sites for hydroxylation is 3. The summed E-state index contributed by atoms with van der Waals surface area (Å²) < 4.78 is 5.26. The zero-order valence-corrected chi connectivity index (χ0v) is 17.1. The van der Waals surface area contributed by atoms with Gasteiger partial charge in [0.1, 0.15) is 0 Å². The Bertz CT molecular complexity index is 1300. The van der Waals surface area contributed by atoms with Gasteiger partial charge in [-0.1, -0.05) is 35.5 Å². The first kappa shape index (κ1) is 19.6. The molecular formula is C23H22N4O3. The van der Waals surface area contributed by atoms with Gasteiger partial charge >= 0.3 is 0 Å². The number of aromatic amines is 1. The molecule has 30 heavy (non-hydrogen) atoms. The van der Waals surface area contributed by atoms with Gasteiger partial charge in [0.15, 0.2) is 0 Å². The molecule has 4 rings (SSSR count). The molecule has 0 aliphatic heterocycles. The van der Waals surface area contributed by atoms with Gasteiger partial charge in [0, 0.05) is 18.5 Å². The number of aromatic nitrogens is 3. The van der Waals surface area contributed by atoms with Crippen molar-refractivity contribution in [3.63, 3.8) is 0 Å². The molecule has 0 saturated carbocycles. The van der Waals surface area contributed by atoms with Gasteiger partial charge in [0.05, 0.1) is 11.1 Å². The number of anilines is 1. The highest BCUT2D eigenvalue weighted by Gasteiger charge is 2.15. The third-order valence-electron chi connectivity index (χ3n) is 5.24. The summed E-state index contributed by atoms with van der Waals surface area (Å²) in [6.07, 6.45) is 0.483. The summed E-state index contributed by atoms with van der Waals surface area (Å²) in [4.78, 5) is 32.0. The van der Waals surface area contributed by atoms with Gasteiger partial charge in [0.25, 0.3) is 5.56 Å². The Labute approximate surface area is 173 Å². The van der Waals surface area contributed by atoms with E-state index in [1.54, 1.807) is 6.07 Å². The third-order valence-corrected chi connectivity index (χ3v) is 5.24. The average Bonchev–Trinajstić information content (AvgIpc) is 3.19. The van der Waals surface area contributed by atoms with Crippen LogP contribution in [-0.4, -0.2) is 21.0 Å². The molecule has 2 heterocycles. The van der Waals surface area contributed by atoms with Gasteiger partial charge in [-0.05, 0) is 55.0 Å². The van der Waals surface area contributed by atoms with E-state index in [0.29, 0.717) is 11.5 Å². The number of hydrogen-bond acceptors (Lipinski definition) is 5. The summed E-state index contributed by atoms with van der Waals surface area (Å²) >= 11 is 0. The maximum atomic E-state index is 12.5. The van der Waals surface area contributed by atoms with Crippen LogP contribution in [-0.2, 0) is 11.2 Å². The molecular weight excluding hydrogens is 380 g/mol. The molecule has 0 unspecified atom stereocenters. The number of carbonyl (C=O) groups excluding carboxylic acids is 1. The number of H-pyrrole nitrogens is 1. The van der Waals surface area contributed by atoms with Crippen molar-refractivity contribution in [2.24, 2.45) is 0 Å². The van der Waals surface area contributed by atoms with Crippen LogP contribution in [0.25, 0.3) is 22.3 Å². The van der Waals surface area contributed by atoms with Crippen LogP contribution in [0.2, 0.25) is 0 Å². The molecule has 7 nitrogen and oxygen atoms in total. The van der Waals surface area contributed by atoms with Gasteiger partial charge < -0.3 is 14.8 Å². The van der Waals surface area contributed by atoms with E-state index in [2.05, 4.69) is 20.4 Å². The monoisotopic (exact) mass is 402 g/mol. The fourth-order valence-electron chi connectivity index (χ4n) is 3.33. The van der Waals surface area contributed by atoms with Gasteiger partial charge in [0.2, 0.25) is 17.6 Å². The summed E-state index contributed by atoms with van der Waals surface area (Å²) in [7, 11) is 0. The summed E-state index contributed by atoms with van der Waals surface area (Å²) in [5.41, 5.74) is 4.78. The Morgan fingerprint density at radius 3 is 2.70 bits per heavy atom. The van der Waals surface area contributed by atoms with Crippen molar-refractivity contribution in [3.8, 4) is 11.4 Å². The molecule has 2 aromatic carbocycles. The van der Waals surface area contributed by atoms with Crippen LogP contribution in [0.1, 0.15) is 29.0 Å². The van der Waals surface area contributed by atoms with Gasteiger partial charge in [-0.15, -0.1) is 0 Å². The van der Waals surface area contributed by atoms with E-state index in [-0.39, 0.29) is 30.1 Å². The third kappa shape index (κ3) is 3.87. The maximum Gasteiger partial charge on any atom is 0.259 e. The Morgan fingerprint density at radius 1 is 1.10 bits per heavy atom. The number of nitrogens with zero attached hydrogens (tertiary/aromatic N) is 2. The van der Waals surface area contributed by atoms with Crippen LogP contribution in [0.4, 0.5) is 5.69 Å². The number of rotatable bonds is 5. The molecule has 0 bridgehead atoms. The van der Waals surface area contributed by atoms with E-state index in [9.17, 15) is 9.59 Å². The van der Waals surface area contributed by atoms with Crippen molar-refractivity contribution in [3.05, 3.63) is 75.4 Å². The number of benzene rings is 2. The number of pyridine rings is 1. The lowest BCUT2D eigenvalue weighted by Crippen LogP contribution is -2.13. The molecule has 1 amide bonds. The van der Waals surface area contributed by atoms with Crippen molar-refractivity contribution in [2.45, 2.75) is 33.6 Å². The Kier molecular flexibility index (Phi) is 5.18. The van der Waals surface area contributed by atoms with Crippen molar-refractivity contribution < 1.29 is 9.32 Å². The lowest BCUT2D eigenvalue weighted by molar-refractivity contribution is -0.116. The number of carbonyl (C=O) groups is 1. The van der Waals surface area contributed by atoms with E-state index in [1.165, 1.54) is 0 Å². The van der Waals surface area contributed by atoms with Crippen LogP contribution in [0.15, 0.2) is 51.8 Å². The molecule has 2 aromatic heterocycles. The largest absolute Gasteiger partial charge is 0.339 e. The molecule has 0 saturated heterocycles. The highest BCUT2D eigenvalue weighted by Crippen LogP contribution is 2.21. The number of nitrogens with one attached hydrogen (secondary N) is 2. The van der Waals surface area contributed by atoms with E-state index in [1.807, 2.05) is 57.2 Å². The number of amides is 1. The summed E-state index contributed by atoms with van der Waals surface area (Å²) in [5, 5.41) is 7.73. The van der Waals surface area contributed by atoms with E-state index in [4.69, 9.17) is 4.52 Å². The van der Waals surface area contributed by atoms with E-state index < -0.39 is 0 Å². The minimum atomic E-state index is -0.281. The molecule has 0 radical (unpaired) electrons. The first-order valence-corrected chi connectivity index (χ1v) is 9.74. The molecule has 4 aromatic rings. The highest BCUT2D eigenvalue weighted by molar-refractivity contribution is 5.91. The van der Waals surface area contributed by atoms with Crippen molar-refractivity contribution in [2.75, 3.05) is 5.32 Å². The van der Waals surface area contributed by atoms with E-state index in [0.717, 1.165) is 33.3 Å². The van der Waals surface area contributed by atoms with Crippen molar-refractivity contribution in [1.29, 1.82) is 0 Å².